The van der Waals surface area contributed by atoms with Crippen molar-refractivity contribution < 1.29 is 14.1 Å². The van der Waals surface area contributed by atoms with Gasteiger partial charge < -0.3 is 14.6 Å². The molecule has 30 heavy (non-hydrogen) atoms. The molecule has 0 fully saturated rings. The number of rotatable bonds is 7. The van der Waals surface area contributed by atoms with Crippen LogP contribution in [-0.4, -0.2) is 39.6 Å². The van der Waals surface area contributed by atoms with Crippen LogP contribution in [0.1, 0.15) is 24.3 Å². The number of aromatic nitrogens is 4. The molecule has 0 aliphatic heterocycles. The third-order valence-corrected chi connectivity index (χ3v) is 4.56. The quantitative estimate of drug-likeness (QED) is 0.429. The molecule has 0 aliphatic rings. The van der Waals surface area contributed by atoms with Crippen LogP contribution >= 0.6 is 0 Å². The minimum atomic E-state index is -0.373. The van der Waals surface area contributed by atoms with Crippen LogP contribution in [0.4, 0.5) is 10.6 Å². The summed E-state index contributed by atoms with van der Waals surface area (Å²) in [4.78, 5) is 16.9. The molecule has 0 saturated carbocycles. The van der Waals surface area contributed by atoms with Gasteiger partial charge in [-0.15, -0.1) is 0 Å². The summed E-state index contributed by atoms with van der Waals surface area (Å²) in [7, 11) is 0. The summed E-state index contributed by atoms with van der Waals surface area (Å²) < 4.78 is 10.6. The summed E-state index contributed by atoms with van der Waals surface area (Å²) in [6.45, 7) is 4.68. The lowest BCUT2D eigenvalue weighted by atomic mass is 10.1. The Kier molecular flexibility index (Phi) is 5.71. The standard InChI is InChI=1S/C21H22N6O3/c1-3-29-12-18(14-7-5-4-6-8-14)23-21(28)24-19-10-16-15(11-22-19)20(26-25-16)17-9-13(2)30-27-17/h4-11,18H,3,12H2,1-2H3,(H,25,26)(H2,22,23,24,28)/t18-/m1/s1. The van der Waals surface area contributed by atoms with Gasteiger partial charge in [-0.25, -0.2) is 9.78 Å². The molecule has 9 nitrogen and oxygen atoms in total. The molecule has 4 aromatic rings. The molecular formula is C21H22N6O3. The number of aryl methyl sites for hydroxylation is 1. The van der Waals surface area contributed by atoms with Gasteiger partial charge in [0.2, 0.25) is 0 Å². The predicted molar refractivity (Wildman–Crippen MR) is 112 cm³/mol. The number of carbonyl (C=O) groups is 1. The monoisotopic (exact) mass is 406 g/mol. The average Bonchev–Trinajstić information content (AvgIpc) is 3.37. The summed E-state index contributed by atoms with van der Waals surface area (Å²) in [5.74, 6) is 1.10. The van der Waals surface area contributed by atoms with Crippen LogP contribution in [0.2, 0.25) is 0 Å². The first-order chi connectivity index (χ1) is 14.6. The molecule has 3 aromatic heterocycles. The molecule has 0 saturated heterocycles. The largest absolute Gasteiger partial charge is 0.379 e. The molecule has 2 amide bonds. The van der Waals surface area contributed by atoms with E-state index < -0.39 is 0 Å². The number of carbonyl (C=O) groups excluding carboxylic acids is 1. The summed E-state index contributed by atoms with van der Waals surface area (Å²) in [5, 5.41) is 17.7. The Labute approximate surface area is 172 Å². The van der Waals surface area contributed by atoms with Gasteiger partial charge in [-0.3, -0.25) is 10.4 Å². The highest BCUT2D eigenvalue weighted by Gasteiger charge is 2.17. The molecule has 0 bridgehead atoms. The van der Waals surface area contributed by atoms with Gasteiger partial charge in [0, 0.05) is 30.3 Å². The van der Waals surface area contributed by atoms with E-state index in [1.54, 1.807) is 18.3 Å². The molecule has 154 valence electrons. The van der Waals surface area contributed by atoms with Gasteiger partial charge in [0.1, 0.15) is 23.0 Å². The fraction of sp³-hybridized carbons (Fsp3) is 0.238. The van der Waals surface area contributed by atoms with Crippen molar-refractivity contribution in [2.45, 2.75) is 19.9 Å². The van der Waals surface area contributed by atoms with Gasteiger partial charge in [-0.2, -0.15) is 5.10 Å². The van der Waals surface area contributed by atoms with Crippen LogP contribution in [0.25, 0.3) is 22.3 Å². The second kappa shape index (κ2) is 8.75. The van der Waals surface area contributed by atoms with E-state index in [4.69, 9.17) is 9.26 Å². The molecule has 0 radical (unpaired) electrons. The van der Waals surface area contributed by atoms with Crippen LogP contribution < -0.4 is 10.6 Å². The van der Waals surface area contributed by atoms with Gasteiger partial charge in [-0.05, 0) is 19.4 Å². The van der Waals surface area contributed by atoms with E-state index in [1.165, 1.54) is 0 Å². The van der Waals surface area contributed by atoms with Crippen LogP contribution in [0.5, 0.6) is 0 Å². The first-order valence-corrected chi connectivity index (χ1v) is 9.62. The second-order valence-electron chi connectivity index (χ2n) is 6.73. The molecule has 4 rings (SSSR count). The number of nitrogens with zero attached hydrogens (tertiary/aromatic N) is 3. The number of H-pyrrole nitrogens is 1. The number of anilines is 1. The third kappa shape index (κ3) is 4.31. The summed E-state index contributed by atoms with van der Waals surface area (Å²) >= 11 is 0. The third-order valence-electron chi connectivity index (χ3n) is 4.56. The van der Waals surface area contributed by atoms with Gasteiger partial charge >= 0.3 is 6.03 Å². The zero-order valence-corrected chi connectivity index (χ0v) is 16.7. The Morgan fingerprint density at radius 3 is 2.83 bits per heavy atom. The minimum absolute atomic E-state index is 0.274. The topological polar surface area (TPSA) is 118 Å². The number of pyridine rings is 1. The highest BCUT2D eigenvalue weighted by molar-refractivity contribution is 5.95. The molecule has 0 unspecified atom stereocenters. The van der Waals surface area contributed by atoms with Gasteiger partial charge in [0.05, 0.1) is 18.2 Å². The fourth-order valence-electron chi connectivity index (χ4n) is 3.11. The molecule has 3 N–H and O–H groups in total. The van der Waals surface area contributed by atoms with Crippen LogP contribution in [-0.2, 0) is 4.74 Å². The van der Waals surface area contributed by atoms with Crippen molar-refractivity contribution in [2.75, 3.05) is 18.5 Å². The zero-order chi connectivity index (χ0) is 20.9. The highest BCUT2D eigenvalue weighted by Crippen LogP contribution is 2.26. The van der Waals surface area contributed by atoms with E-state index in [-0.39, 0.29) is 12.1 Å². The van der Waals surface area contributed by atoms with Gasteiger partial charge in [0.15, 0.2) is 0 Å². The van der Waals surface area contributed by atoms with E-state index in [0.717, 1.165) is 16.5 Å². The van der Waals surface area contributed by atoms with Gasteiger partial charge in [0.25, 0.3) is 0 Å². The summed E-state index contributed by atoms with van der Waals surface area (Å²) in [6, 6.07) is 12.6. The molecule has 0 spiro atoms. The first kappa shape index (κ1) is 19.6. The zero-order valence-electron chi connectivity index (χ0n) is 16.7. The number of amides is 2. The SMILES string of the molecule is CCOC[C@@H](NC(=O)Nc1cc2[nH]nc(-c3cc(C)on3)c2cn1)c1ccccc1. The first-order valence-electron chi connectivity index (χ1n) is 9.62. The smallest absolute Gasteiger partial charge is 0.320 e. The molecule has 1 aromatic carbocycles. The number of fused-ring (bicyclic) bond motifs is 1. The van der Waals surface area contributed by atoms with Gasteiger partial charge in [-0.1, -0.05) is 35.5 Å². The molecule has 3 heterocycles. The lowest BCUT2D eigenvalue weighted by molar-refractivity contribution is 0.125. The Morgan fingerprint density at radius 2 is 2.10 bits per heavy atom. The lowest BCUT2D eigenvalue weighted by Crippen LogP contribution is -2.35. The maximum atomic E-state index is 12.6. The molecule has 0 aliphatic carbocycles. The predicted octanol–water partition coefficient (Wildman–Crippen LogP) is 3.82. The molecule has 1 atom stereocenters. The highest BCUT2D eigenvalue weighted by atomic mass is 16.5. The number of hydrogen-bond acceptors (Lipinski definition) is 6. The lowest BCUT2D eigenvalue weighted by Gasteiger charge is -2.19. The Morgan fingerprint density at radius 1 is 1.27 bits per heavy atom. The van der Waals surface area contributed by atoms with Crippen molar-refractivity contribution in [1.29, 1.82) is 0 Å². The summed E-state index contributed by atoms with van der Waals surface area (Å²) in [5.41, 5.74) is 2.96. The Bertz CT molecular complexity index is 1140. The van der Waals surface area contributed by atoms with Crippen molar-refractivity contribution in [3.8, 4) is 11.4 Å². The maximum absolute atomic E-state index is 12.6. The van der Waals surface area contributed by atoms with Crippen LogP contribution in [0, 0.1) is 6.92 Å². The number of benzene rings is 1. The number of urea groups is 1. The number of hydrogen-bond donors (Lipinski definition) is 3. The normalized spacial score (nSPS) is 12.1. The average molecular weight is 406 g/mol. The maximum Gasteiger partial charge on any atom is 0.320 e. The van der Waals surface area contributed by atoms with E-state index in [2.05, 4.69) is 31.0 Å². The van der Waals surface area contributed by atoms with Crippen molar-refractivity contribution in [1.82, 2.24) is 25.7 Å². The number of ether oxygens (including phenoxy) is 1. The number of nitrogens with one attached hydrogen (secondary N) is 3. The van der Waals surface area contributed by atoms with E-state index in [9.17, 15) is 4.79 Å². The van der Waals surface area contributed by atoms with E-state index in [1.807, 2.05) is 44.2 Å². The van der Waals surface area contributed by atoms with Crippen molar-refractivity contribution in [3.05, 3.63) is 60.0 Å². The minimum Gasteiger partial charge on any atom is -0.379 e. The van der Waals surface area contributed by atoms with Crippen molar-refractivity contribution in [3.63, 3.8) is 0 Å². The number of aromatic amines is 1. The molecule has 9 heteroatoms. The van der Waals surface area contributed by atoms with Crippen molar-refractivity contribution in [2.24, 2.45) is 0 Å². The van der Waals surface area contributed by atoms with Crippen LogP contribution in [0.15, 0.2) is 53.2 Å². The second-order valence-corrected chi connectivity index (χ2v) is 6.73. The fourth-order valence-corrected chi connectivity index (χ4v) is 3.11. The molecular weight excluding hydrogens is 384 g/mol. The Hall–Kier alpha value is -3.72. The Balaban J connectivity index is 1.48. The van der Waals surface area contributed by atoms with Crippen molar-refractivity contribution >= 4 is 22.8 Å². The summed E-state index contributed by atoms with van der Waals surface area (Å²) in [6.07, 6.45) is 1.64. The van der Waals surface area contributed by atoms with Crippen LogP contribution in [0.3, 0.4) is 0 Å². The van der Waals surface area contributed by atoms with E-state index >= 15 is 0 Å². The van der Waals surface area contributed by atoms with E-state index in [0.29, 0.717) is 36.2 Å².